The first kappa shape index (κ1) is 13.4. The summed E-state index contributed by atoms with van der Waals surface area (Å²) < 4.78 is 15.1. The van der Waals surface area contributed by atoms with Crippen LogP contribution in [0.1, 0.15) is 24.5 Å². The fourth-order valence-corrected chi connectivity index (χ4v) is 2.97. The second-order valence-electron chi connectivity index (χ2n) is 6.12. The third-order valence-corrected chi connectivity index (χ3v) is 4.31. The molecule has 0 radical (unpaired) electrons. The second kappa shape index (κ2) is 4.73. The maximum absolute atomic E-state index is 13.2. The smallest absolute Gasteiger partial charge is 0.178 e. The maximum Gasteiger partial charge on any atom is 0.178 e. The van der Waals surface area contributed by atoms with E-state index in [-0.39, 0.29) is 0 Å². The molecule has 0 saturated heterocycles. The van der Waals surface area contributed by atoms with E-state index in [4.69, 9.17) is 0 Å². The monoisotopic (exact) mass is 323 g/mol. The van der Waals surface area contributed by atoms with Crippen LogP contribution in [0.4, 0.5) is 15.9 Å². The molecule has 0 unspecified atom stereocenters. The molecule has 7 nitrogen and oxygen atoms in total. The molecule has 8 heteroatoms. The summed E-state index contributed by atoms with van der Waals surface area (Å²) in [5.41, 5.74) is 4.93. The number of rotatable bonds is 3. The number of halogens is 1. The summed E-state index contributed by atoms with van der Waals surface area (Å²) in [4.78, 5) is 8.66. The number of nitrogens with one attached hydrogen (secondary N) is 2. The standard InChI is InChI=1S/C16H14FN7/c1-24-12-5-10(7-19-15(12)13(23-24)8-2-3-8)20-16-14-11(21-22-16)4-9(17)6-18-14/h4-8H,2-3H2,1H3,(H2,20,21,22). The summed E-state index contributed by atoms with van der Waals surface area (Å²) in [7, 11) is 1.92. The van der Waals surface area contributed by atoms with Gasteiger partial charge in [-0.25, -0.2) is 9.37 Å². The van der Waals surface area contributed by atoms with E-state index in [2.05, 4.69) is 30.6 Å². The SMILES string of the molecule is Cn1nc(C2CC2)c2ncc(Nc3n[nH]c4cc(F)cnc34)cc21. The molecule has 5 rings (SSSR count). The molecule has 1 saturated carbocycles. The van der Waals surface area contributed by atoms with Crippen LogP contribution in [0.25, 0.3) is 22.1 Å². The molecule has 0 aliphatic heterocycles. The predicted octanol–water partition coefficient (Wildman–Crippen LogP) is 3.00. The van der Waals surface area contributed by atoms with Crippen molar-refractivity contribution in [3.8, 4) is 0 Å². The topological polar surface area (TPSA) is 84.3 Å². The van der Waals surface area contributed by atoms with E-state index in [9.17, 15) is 4.39 Å². The summed E-state index contributed by atoms with van der Waals surface area (Å²) >= 11 is 0. The minimum atomic E-state index is -0.400. The Bertz CT molecular complexity index is 1080. The van der Waals surface area contributed by atoms with Gasteiger partial charge >= 0.3 is 0 Å². The Kier molecular flexibility index (Phi) is 2.64. The van der Waals surface area contributed by atoms with E-state index in [0.717, 1.165) is 22.4 Å². The summed E-state index contributed by atoms with van der Waals surface area (Å²) in [6.07, 6.45) is 5.32. The summed E-state index contributed by atoms with van der Waals surface area (Å²) in [6.45, 7) is 0. The van der Waals surface area contributed by atoms with E-state index in [1.165, 1.54) is 25.1 Å². The van der Waals surface area contributed by atoms with Crippen molar-refractivity contribution >= 4 is 33.6 Å². The van der Waals surface area contributed by atoms with Crippen LogP contribution in [0.3, 0.4) is 0 Å². The minimum absolute atomic E-state index is 0.400. The van der Waals surface area contributed by atoms with E-state index < -0.39 is 5.82 Å². The van der Waals surface area contributed by atoms with Gasteiger partial charge in [-0.05, 0) is 18.9 Å². The van der Waals surface area contributed by atoms with Crippen LogP contribution in [0.2, 0.25) is 0 Å². The molecule has 24 heavy (non-hydrogen) atoms. The minimum Gasteiger partial charge on any atom is -0.336 e. The normalized spacial score (nSPS) is 14.6. The van der Waals surface area contributed by atoms with Crippen molar-refractivity contribution in [1.29, 1.82) is 0 Å². The first-order chi connectivity index (χ1) is 11.7. The van der Waals surface area contributed by atoms with Crippen molar-refractivity contribution in [3.63, 3.8) is 0 Å². The predicted molar refractivity (Wildman–Crippen MR) is 87.6 cm³/mol. The van der Waals surface area contributed by atoms with Crippen molar-refractivity contribution in [1.82, 2.24) is 29.9 Å². The number of nitrogens with zero attached hydrogens (tertiary/aromatic N) is 5. The Hall–Kier alpha value is -3.03. The maximum atomic E-state index is 13.2. The third kappa shape index (κ3) is 2.03. The van der Waals surface area contributed by atoms with Gasteiger partial charge in [-0.15, -0.1) is 0 Å². The van der Waals surface area contributed by atoms with Gasteiger partial charge in [-0.3, -0.25) is 14.8 Å². The molecule has 0 spiro atoms. The van der Waals surface area contributed by atoms with Crippen molar-refractivity contribution in [3.05, 3.63) is 36.0 Å². The van der Waals surface area contributed by atoms with Gasteiger partial charge in [-0.1, -0.05) is 0 Å². The average Bonchev–Trinajstić information content (AvgIpc) is 3.28. The van der Waals surface area contributed by atoms with Gasteiger partial charge in [0.2, 0.25) is 0 Å². The summed E-state index contributed by atoms with van der Waals surface area (Å²) in [5, 5.41) is 14.7. The molecular formula is C16H14FN7. The Morgan fingerprint density at radius 3 is 2.88 bits per heavy atom. The van der Waals surface area contributed by atoms with Gasteiger partial charge in [0.15, 0.2) is 5.82 Å². The lowest BCUT2D eigenvalue weighted by Crippen LogP contribution is -1.95. The van der Waals surface area contributed by atoms with Crippen LogP contribution in [-0.2, 0) is 7.05 Å². The Morgan fingerprint density at radius 1 is 1.21 bits per heavy atom. The second-order valence-corrected chi connectivity index (χ2v) is 6.12. The third-order valence-electron chi connectivity index (χ3n) is 4.31. The van der Waals surface area contributed by atoms with Crippen LogP contribution in [0.5, 0.6) is 0 Å². The fourth-order valence-electron chi connectivity index (χ4n) is 2.97. The molecular weight excluding hydrogens is 309 g/mol. The zero-order valence-electron chi connectivity index (χ0n) is 12.9. The van der Waals surface area contributed by atoms with Crippen LogP contribution >= 0.6 is 0 Å². The molecule has 120 valence electrons. The van der Waals surface area contributed by atoms with Crippen LogP contribution < -0.4 is 5.32 Å². The average molecular weight is 323 g/mol. The number of aryl methyl sites for hydroxylation is 1. The highest BCUT2D eigenvalue weighted by atomic mass is 19.1. The molecule has 4 aromatic heterocycles. The lowest BCUT2D eigenvalue weighted by atomic mass is 10.2. The van der Waals surface area contributed by atoms with E-state index >= 15 is 0 Å². The summed E-state index contributed by atoms with van der Waals surface area (Å²) in [6, 6.07) is 3.36. The van der Waals surface area contributed by atoms with Gasteiger partial charge in [0.05, 0.1) is 34.8 Å². The Morgan fingerprint density at radius 2 is 2.04 bits per heavy atom. The van der Waals surface area contributed by atoms with Crippen molar-refractivity contribution in [2.24, 2.45) is 7.05 Å². The van der Waals surface area contributed by atoms with Crippen molar-refractivity contribution < 1.29 is 4.39 Å². The number of hydrogen-bond acceptors (Lipinski definition) is 5. The largest absolute Gasteiger partial charge is 0.336 e. The lowest BCUT2D eigenvalue weighted by molar-refractivity contribution is 0.624. The van der Waals surface area contributed by atoms with Gasteiger partial charge in [0.1, 0.15) is 16.9 Å². The molecule has 0 amide bonds. The number of aromatic nitrogens is 6. The molecule has 4 aromatic rings. The molecule has 1 fully saturated rings. The van der Waals surface area contributed by atoms with E-state index in [1.807, 2.05) is 17.8 Å². The van der Waals surface area contributed by atoms with Crippen LogP contribution in [-0.4, -0.2) is 29.9 Å². The van der Waals surface area contributed by atoms with Crippen molar-refractivity contribution in [2.45, 2.75) is 18.8 Å². The Labute approximate surface area is 135 Å². The van der Waals surface area contributed by atoms with Gasteiger partial charge in [0.25, 0.3) is 0 Å². The van der Waals surface area contributed by atoms with Gasteiger partial charge < -0.3 is 5.32 Å². The molecule has 1 aliphatic rings. The highest BCUT2D eigenvalue weighted by Gasteiger charge is 2.29. The lowest BCUT2D eigenvalue weighted by Gasteiger charge is -2.03. The van der Waals surface area contributed by atoms with Gasteiger partial charge in [-0.2, -0.15) is 10.2 Å². The van der Waals surface area contributed by atoms with Crippen LogP contribution in [0, 0.1) is 5.82 Å². The highest BCUT2D eigenvalue weighted by Crippen LogP contribution is 2.42. The molecule has 2 N–H and O–H groups in total. The van der Waals surface area contributed by atoms with Crippen molar-refractivity contribution in [2.75, 3.05) is 5.32 Å². The number of aromatic amines is 1. The molecule has 0 atom stereocenters. The Balaban J connectivity index is 1.55. The van der Waals surface area contributed by atoms with Gasteiger partial charge in [0, 0.05) is 19.0 Å². The first-order valence-corrected chi connectivity index (χ1v) is 7.78. The number of H-pyrrole nitrogens is 1. The molecule has 0 aromatic carbocycles. The number of pyridine rings is 2. The van der Waals surface area contributed by atoms with Crippen LogP contribution in [0.15, 0.2) is 24.5 Å². The number of fused-ring (bicyclic) bond motifs is 2. The zero-order valence-corrected chi connectivity index (χ0v) is 12.9. The van der Waals surface area contributed by atoms with E-state index in [0.29, 0.717) is 22.8 Å². The number of hydrogen-bond donors (Lipinski definition) is 2. The summed E-state index contributed by atoms with van der Waals surface area (Å²) in [5.74, 6) is 0.688. The van der Waals surface area contributed by atoms with E-state index in [1.54, 1.807) is 6.20 Å². The highest BCUT2D eigenvalue weighted by molar-refractivity contribution is 5.89. The first-order valence-electron chi connectivity index (χ1n) is 7.78. The number of anilines is 2. The molecule has 4 heterocycles. The fraction of sp³-hybridized carbons (Fsp3) is 0.250. The zero-order chi connectivity index (χ0) is 16.3. The molecule has 0 bridgehead atoms. The molecule has 1 aliphatic carbocycles. The quantitative estimate of drug-likeness (QED) is 0.605.